The summed E-state index contributed by atoms with van der Waals surface area (Å²) in [5, 5.41) is 0. The topological polar surface area (TPSA) is 0 Å². The molecule has 0 radical (unpaired) electrons. The lowest BCUT2D eigenvalue weighted by molar-refractivity contribution is -0.0255. The summed E-state index contributed by atoms with van der Waals surface area (Å²) in [6.07, 6.45) is 0.350. The Labute approximate surface area is 96.6 Å². The highest BCUT2D eigenvalue weighted by atomic mass is 19.3. The highest BCUT2D eigenvalue weighted by Crippen LogP contribution is 2.68. The Bertz CT molecular complexity index is 505. The van der Waals surface area contributed by atoms with Gasteiger partial charge in [0.05, 0.1) is 5.56 Å². The maximum absolute atomic E-state index is 13.8. The van der Waals surface area contributed by atoms with Gasteiger partial charge in [0, 0.05) is 12.0 Å². The van der Waals surface area contributed by atoms with Gasteiger partial charge in [-0.05, 0) is 29.4 Å². The van der Waals surface area contributed by atoms with Crippen molar-refractivity contribution in [2.75, 3.05) is 0 Å². The smallest absolute Gasteiger partial charge is 0.207 e. The molecule has 0 spiro atoms. The first-order valence-corrected chi connectivity index (χ1v) is 5.75. The molecule has 1 saturated carbocycles. The molecular weight excluding hydrogens is 232 g/mol. The molecule has 3 rings (SSSR count). The molecule has 0 aromatic heterocycles. The molecule has 17 heavy (non-hydrogen) atoms. The van der Waals surface area contributed by atoms with Crippen LogP contribution in [0, 0.1) is 17.6 Å². The van der Waals surface area contributed by atoms with E-state index in [1.807, 2.05) is 0 Å². The summed E-state index contributed by atoms with van der Waals surface area (Å²) in [6, 6.07) is 0.604. The second-order valence-electron chi connectivity index (χ2n) is 5.27. The van der Waals surface area contributed by atoms with E-state index in [9.17, 15) is 17.6 Å². The van der Waals surface area contributed by atoms with E-state index in [0.717, 1.165) is 0 Å². The third-order valence-corrected chi connectivity index (χ3v) is 3.85. The standard InChI is InChI=1S/C13H12F4/c1-5(2)10-8(14)4-9(15)12-11(10)6-3-7(6)13(12,16)17/h4-7H,3H2,1-2H3. The van der Waals surface area contributed by atoms with Crippen molar-refractivity contribution in [3.63, 3.8) is 0 Å². The van der Waals surface area contributed by atoms with Crippen LogP contribution < -0.4 is 0 Å². The normalized spacial score (nSPS) is 28.2. The number of hydrogen-bond acceptors (Lipinski definition) is 0. The van der Waals surface area contributed by atoms with Gasteiger partial charge in [-0.3, -0.25) is 0 Å². The van der Waals surface area contributed by atoms with Gasteiger partial charge in [-0.15, -0.1) is 0 Å². The van der Waals surface area contributed by atoms with E-state index >= 15 is 0 Å². The zero-order chi connectivity index (χ0) is 12.5. The van der Waals surface area contributed by atoms with E-state index < -0.39 is 29.0 Å². The van der Waals surface area contributed by atoms with Crippen molar-refractivity contribution in [3.8, 4) is 0 Å². The van der Waals surface area contributed by atoms with E-state index in [2.05, 4.69) is 0 Å². The van der Waals surface area contributed by atoms with Crippen LogP contribution >= 0.6 is 0 Å². The minimum atomic E-state index is -3.12. The minimum absolute atomic E-state index is 0.209. The first kappa shape index (κ1) is 11.1. The second-order valence-corrected chi connectivity index (χ2v) is 5.27. The lowest BCUT2D eigenvalue weighted by Crippen LogP contribution is -2.17. The van der Waals surface area contributed by atoms with Crippen molar-refractivity contribution in [3.05, 3.63) is 34.4 Å². The fraction of sp³-hybridized carbons (Fsp3) is 0.538. The Morgan fingerprint density at radius 2 is 1.88 bits per heavy atom. The van der Waals surface area contributed by atoms with Gasteiger partial charge in [0.15, 0.2) is 0 Å². The van der Waals surface area contributed by atoms with Gasteiger partial charge in [-0.2, -0.15) is 0 Å². The molecule has 0 amide bonds. The quantitative estimate of drug-likeness (QED) is 0.646. The predicted molar refractivity (Wildman–Crippen MR) is 55.2 cm³/mol. The molecule has 2 aliphatic rings. The van der Waals surface area contributed by atoms with Crippen LogP contribution in [0.1, 0.15) is 48.8 Å². The van der Waals surface area contributed by atoms with Crippen LogP contribution in [0.25, 0.3) is 0 Å². The predicted octanol–water partition coefficient (Wildman–Crippen LogP) is 4.30. The molecule has 2 unspecified atom stereocenters. The molecule has 0 N–H and O–H groups in total. The summed E-state index contributed by atoms with van der Waals surface area (Å²) in [5.74, 6) is -6.28. The highest BCUT2D eigenvalue weighted by Gasteiger charge is 2.65. The lowest BCUT2D eigenvalue weighted by atomic mass is 9.90. The molecule has 0 saturated heterocycles. The number of fused-ring (bicyclic) bond motifs is 3. The van der Waals surface area contributed by atoms with Crippen LogP contribution in [-0.2, 0) is 5.92 Å². The van der Waals surface area contributed by atoms with E-state index in [1.54, 1.807) is 13.8 Å². The van der Waals surface area contributed by atoms with Crippen molar-refractivity contribution in [2.24, 2.45) is 5.92 Å². The second kappa shape index (κ2) is 3.03. The van der Waals surface area contributed by atoms with Crippen molar-refractivity contribution in [2.45, 2.75) is 38.0 Å². The first-order valence-electron chi connectivity index (χ1n) is 5.75. The Morgan fingerprint density at radius 1 is 1.24 bits per heavy atom. The average molecular weight is 244 g/mol. The van der Waals surface area contributed by atoms with Crippen LogP contribution in [0.15, 0.2) is 6.07 Å². The molecule has 0 nitrogen and oxygen atoms in total. The molecule has 1 aromatic rings. The monoisotopic (exact) mass is 244 g/mol. The third-order valence-electron chi connectivity index (χ3n) is 3.85. The Morgan fingerprint density at radius 3 is 2.47 bits per heavy atom. The number of alkyl halides is 2. The van der Waals surface area contributed by atoms with Crippen LogP contribution in [0.3, 0.4) is 0 Å². The van der Waals surface area contributed by atoms with Gasteiger partial charge in [0.1, 0.15) is 11.6 Å². The molecule has 1 fully saturated rings. The van der Waals surface area contributed by atoms with Crippen molar-refractivity contribution in [1.82, 2.24) is 0 Å². The molecule has 92 valence electrons. The van der Waals surface area contributed by atoms with Crippen LogP contribution in [0.2, 0.25) is 0 Å². The molecule has 1 aromatic carbocycles. The van der Waals surface area contributed by atoms with Crippen molar-refractivity contribution >= 4 is 0 Å². The van der Waals surface area contributed by atoms with Gasteiger partial charge in [0.2, 0.25) is 0 Å². The first-order chi connectivity index (χ1) is 7.85. The highest BCUT2D eigenvalue weighted by molar-refractivity contribution is 5.52. The van der Waals surface area contributed by atoms with E-state index in [0.29, 0.717) is 12.5 Å². The maximum atomic E-state index is 13.8. The molecule has 2 aliphatic carbocycles. The summed E-state index contributed by atoms with van der Waals surface area (Å²) in [6.45, 7) is 3.48. The van der Waals surface area contributed by atoms with E-state index in [1.165, 1.54) is 0 Å². The fourth-order valence-electron chi connectivity index (χ4n) is 3.06. The summed E-state index contributed by atoms with van der Waals surface area (Å²) in [5.41, 5.74) is -0.0394. The SMILES string of the molecule is CC(C)c1c(F)cc(F)c2c1C1CC1C2(F)F. The molecule has 0 aliphatic heterocycles. The lowest BCUT2D eigenvalue weighted by Gasteiger charge is -2.19. The number of halogens is 4. The van der Waals surface area contributed by atoms with Gasteiger partial charge in [-0.25, -0.2) is 17.6 Å². The largest absolute Gasteiger partial charge is 0.279 e. The average Bonchev–Trinajstić information content (AvgIpc) is 2.89. The zero-order valence-electron chi connectivity index (χ0n) is 9.53. The Balaban J connectivity index is 2.33. The molecule has 0 heterocycles. The fourth-order valence-corrected chi connectivity index (χ4v) is 3.06. The number of benzene rings is 1. The molecular formula is C13H12F4. The van der Waals surface area contributed by atoms with Crippen molar-refractivity contribution in [1.29, 1.82) is 0 Å². The molecule has 2 atom stereocenters. The minimum Gasteiger partial charge on any atom is -0.207 e. The molecule has 4 heteroatoms. The summed E-state index contributed by atoms with van der Waals surface area (Å²) in [7, 11) is 0. The van der Waals surface area contributed by atoms with Crippen LogP contribution in [0.5, 0.6) is 0 Å². The van der Waals surface area contributed by atoms with Gasteiger partial charge < -0.3 is 0 Å². The summed E-state index contributed by atoms with van der Waals surface area (Å²) >= 11 is 0. The Hall–Kier alpha value is -1.06. The summed E-state index contributed by atoms with van der Waals surface area (Å²) < 4.78 is 55.0. The maximum Gasteiger partial charge on any atom is 0.279 e. The third kappa shape index (κ3) is 1.24. The van der Waals surface area contributed by atoms with Gasteiger partial charge >= 0.3 is 0 Å². The number of rotatable bonds is 1. The number of hydrogen-bond donors (Lipinski definition) is 0. The van der Waals surface area contributed by atoms with Crippen molar-refractivity contribution < 1.29 is 17.6 Å². The van der Waals surface area contributed by atoms with Gasteiger partial charge in [-0.1, -0.05) is 13.8 Å². The van der Waals surface area contributed by atoms with Crippen LogP contribution in [0.4, 0.5) is 17.6 Å². The van der Waals surface area contributed by atoms with E-state index in [4.69, 9.17) is 0 Å². The Kier molecular flexibility index (Phi) is 1.97. The van der Waals surface area contributed by atoms with E-state index in [-0.39, 0.29) is 23.0 Å². The summed E-state index contributed by atoms with van der Waals surface area (Å²) in [4.78, 5) is 0. The van der Waals surface area contributed by atoms with Crippen LogP contribution in [-0.4, -0.2) is 0 Å². The van der Waals surface area contributed by atoms with Gasteiger partial charge in [0.25, 0.3) is 5.92 Å². The zero-order valence-corrected chi connectivity index (χ0v) is 9.53. The molecule has 0 bridgehead atoms.